The third-order valence-electron chi connectivity index (χ3n) is 4.45. The van der Waals surface area contributed by atoms with Crippen molar-refractivity contribution in [2.45, 2.75) is 18.4 Å². The Balaban J connectivity index is 1.82. The van der Waals surface area contributed by atoms with Crippen LogP contribution < -0.4 is 5.32 Å². The fraction of sp³-hybridized carbons (Fsp3) is 0.125. The molecule has 0 saturated carbocycles. The van der Waals surface area contributed by atoms with Crippen molar-refractivity contribution in [2.24, 2.45) is 0 Å². The van der Waals surface area contributed by atoms with Gasteiger partial charge < -0.3 is 10.1 Å². The second-order valence-electron chi connectivity index (χ2n) is 6.36. The Bertz CT molecular complexity index is 788. The summed E-state index contributed by atoms with van der Waals surface area (Å²) in [4.78, 5) is 11.6. The molecule has 130 valence electrons. The summed E-state index contributed by atoms with van der Waals surface area (Å²) in [5, 5.41) is 3.35. The van der Waals surface area contributed by atoms with Crippen LogP contribution in [0.2, 0.25) is 0 Å². The Morgan fingerprint density at radius 1 is 0.808 bits per heavy atom. The average Bonchev–Trinajstić information content (AvgIpc) is 2.70. The standard InChI is InChI=1S/C24H23NO/c1-19(25-23(18-26)17-20-11-5-2-6-12-20)24(21-13-7-3-8-14-21)22-15-9-4-10-16-22/h2-16,18,23-25H,1,17H2/t23-/m0/s1. The van der Waals surface area contributed by atoms with Crippen LogP contribution in [0.15, 0.2) is 103 Å². The van der Waals surface area contributed by atoms with E-state index < -0.39 is 0 Å². The summed E-state index contributed by atoms with van der Waals surface area (Å²) >= 11 is 0. The molecule has 0 heterocycles. The summed E-state index contributed by atoms with van der Waals surface area (Å²) in [5.74, 6) is -0.00405. The molecule has 0 aliphatic heterocycles. The van der Waals surface area contributed by atoms with Crippen LogP contribution in [0.1, 0.15) is 22.6 Å². The first-order valence-electron chi connectivity index (χ1n) is 8.82. The lowest BCUT2D eigenvalue weighted by atomic mass is 9.88. The van der Waals surface area contributed by atoms with E-state index in [4.69, 9.17) is 0 Å². The van der Waals surface area contributed by atoms with Gasteiger partial charge in [-0.1, -0.05) is 97.6 Å². The quantitative estimate of drug-likeness (QED) is 0.600. The zero-order valence-electron chi connectivity index (χ0n) is 14.7. The van der Waals surface area contributed by atoms with E-state index in [1.54, 1.807) is 0 Å². The normalized spacial score (nSPS) is 11.7. The van der Waals surface area contributed by atoms with Crippen molar-refractivity contribution in [2.75, 3.05) is 0 Å². The second kappa shape index (κ2) is 8.82. The Morgan fingerprint density at radius 2 is 1.27 bits per heavy atom. The maximum Gasteiger partial charge on any atom is 0.142 e. The summed E-state index contributed by atoms with van der Waals surface area (Å²) in [6.45, 7) is 4.27. The van der Waals surface area contributed by atoms with Crippen LogP contribution >= 0.6 is 0 Å². The van der Waals surface area contributed by atoms with Gasteiger partial charge in [-0.15, -0.1) is 0 Å². The van der Waals surface area contributed by atoms with Crippen molar-refractivity contribution in [1.29, 1.82) is 0 Å². The van der Waals surface area contributed by atoms with Crippen molar-refractivity contribution in [1.82, 2.24) is 5.32 Å². The molecule has 0 spiro atoms. The van der Waals surface area contributed by atoms with Crippen LogP contribution in [-0.4, -0.2) is 12.3 Å². The van der Waals surface area contributed by atoms with Gasteiger partial charge in [-0.3, -0.25) is 0 Å². The van der Waals surface area contributed by atoms with Crippen LogP contribution in [0.5, 0.6) is 0 Å². The Labute approximate surface area is 155 Å². The van der Waals surface area contributed by atoms with Crippen molar-refractivity contribution in [3.63, 3.8) is 0 Å². The molecule has 2 nitrogen and oxygen atoms in total. The minimum absolute atomic E-state index is 0.00405. The largest absolute Gasteiger partial charge is 0.378 e. The van der Waals surface area contributed by atoms with Crippen LogP contribution in [0, 0.1) is 0 Å². The number of hydrogen-bond acceptors (Lipinski definition) is 2. The highest BCUT2D eigenvalue weighted by Gasteiger charge is 2.20. The molecule has 0 fully saturated rings. The van der Waals surface area contributed by atoms with Gasteiger partial charge >= 0.3 is 0 Å². The summed E-state index contributed by atoms with van der Waals surface area (Å²) in [5.41, 5.74) is 4.26. The van der Waals surface area contributed by atoms with Crippen LogP contribution in [0.4, 0.5) is 0 Å². The van der Waals surface area contributed by atoms with Gasteiger partial charge in [-0.2, -0.15) is 0 Å². The van der Waals surface area contributed by atoms with Gasteiger partial charge in [0.05, 0.1) is 6.04 Å². The van der Waals surface area contributed by atoms with Gasteiger partial charge in [-0.25, -0.2) is 0 Å². The highest BCUT2D eigenvalue weighted by Crippen LogP contribution is 2.29. The zero-order valence-corrected chi connectivity index (χ0v) is 14.7. The van der Waals surface area contributed by atoms with Crippen molar-refractivity contribution in [3.8, 4) is 0 Å². The molecule has 0 amide bonds. The third kappa shape index (κ3) is 4.48. The van der Waals surface area contributed by atoms with Gasteiger partial charge in [0.25, 0.3) is 0 Å². The summed E-state index contributed by atoms with van der Waals surface area (Å²) in [6, 6.07) is 30.2. The molecular weight excluding hydrogens is 318 g/mol. The SMILES string of the molecule is C=C(N[C@H](C=O)Cc1ccccc1)C(c1ccccc1)c1ccccc1. The minimum atomic E-state index is -0.306. The molecule has 0 bridgehead atoms. The van der Waals surface area contributed by atoms with Gasteiger partial charge in [0.1, 0.15) is 6.29 Å². The summed E-state index contributed by atoms with van der Waals surface area (Å²) in [7, 11) is 0. The molecule has 2 heteroatoms. The smallest absolute Gasteiger partial charge is 0.142 e. The first-order chi connectivity index (χ1) is 12.8. The van der Waals surface area contributed by atoms with Gasteiger partial charge in [-0.05, 0) is 23.1 Å². The Kier molecular flexibility index (Phi) is 6.00. The fourth-order valence-corrected chi connectivity index (χ4v) is 3.21. The van der Waals surface area contributed by atoms with Crippen molar-refractivity contribution >= 4 is 6.29 Å². The topological polar surface area (TPSA) is 29.1 Å². The molecule has 1 atom stereocenters. The number of hydrogen-bond donors (Lipinski definition) is 1. The van der Waals surface area contributed by atoms with Crippen LogP contribution in [0.3, 0.4) is 0 Å². The first kappa shape index (κ1) is 17.7. The molecule has 0 aromatic heterocycles. The molecule has 1 N–H and O–H groups in total. The van der Waals surface area contributed by atoms with Gasteiger partial charge in [0.15, 0.2) is 0 Å². The molecule has 0 aliphatic carbocycles. The molecule has 26 heavy (non-hydrogen) atoms. The van der Waals surface area contributed by atoms with E-state index in [0.717, 1.165) is 28.7 Å². The van der Waals surface area contributed by atoms with Gasteiger partial charge in [0.2, 0.25) is 0 Å². The molecular formula is C24H23NO. The van der Waals surface area contributed by atoms with Crippen LogP contribution in [0.25, 0.3) is 0 Å². The summed E-state index contributed by atoms with van der Waals surface area (Å²) in [6.07, 6.45) is 1.60. The molecule has 3 rings (SSSR count). The van der Waals surface area contributed by atoms with Crippen LogP contribution in [-0.2, 0) is 11.2 Å². The van der Waals surface area contributed by atoms with E-state index in [0.29, 0.717) is 6.42 Å². The zero-order chi connectivity index (χ0) is 18.2. The molecule has 0 saturated heterocycles. The highest BCUT2D eigenvalue weighted by molar-refractivity contribution is 5.59. The van der Waals surface area contributed by atoms with E-state index in [2.05, 4.69) is 36.2 Å². The number of carbonyl (C=O) groups is 1. The number of benzene rings is 3. The molecule has 0 radical (unpaired) electrons. The maximum absolute atomic E-state index is 11.6. The lowest BCUT2D eigenvalue weighted by Gasteiger charge is -2.25. The fourth-order valence-electron chi connectivity index (χ4n) is 3.21. The minimum Gasteiger partial charge on any atom is -0.378 e. The van der Waals surface area contributed by atoms with Gasteiger partial charge in [0, 0.05) is 11.6 Å². The first-order valence-corrected chi connectivity index (χ1v) is 8.82. The monoisotopic (exact) mass is 341 g/mol. The maximum atomic E-state index is 11.6. The lowest BCUT2D eigenvalue weighted by Crippen LogP contribution is -2.34. The molecule has 3 aromatic carbocycles. The lowest BCUT2D eigenvalue weighted by molar-refractivity contribution is -0.109. The predicted molar refractivity (Wildman–Crippen MR) is 107 cm³/mol. The van der Waals surface area contributed by atoms with E-state index in [9.17, 15) is 4.79 Å². The molecule has 3 aromatic rings. The third-order valence-corrected chi connectivity index (χ3v) is 4.45. The number of rotatable bonds is 8. The Morgan fingerprint density at radius 3 is 1.73 bits per heavy atom. The van der Waals surface area contributed by atoms with E-state index in [1.807, 2.05) is 66.7 Å². The second-order valence-corrected chi connectivity index (χ2v) is 6.36. The van der Waals surface area contributed by atoms with E-state index >= 15 is 0 Å². The number of aldehydes is 1. The highest BCUT2D eigenvalue weighted by atomic mass is 16.1. The average molecular weight is 341 g/mol. The number of nitrogens with one attached hydrogen (secondary N) is 1. The van der Waals surface area contributed by atoms with E-state index in [1.165, 1.54) is 0 Å². The van der Waals surface area contributed by atoms with E-state index in [-0.39, 0.29) is 12.0 Å². The molecule has 0 aliphatic rings. The predicted octanol–water partition coefficient (Wildman–Crippen LogP) is 4.73. The van der Waals surface area contributed by atoms with Crippen molar-refractivity contribution < 1.29 is 4.79 Å². The van der Waals surface area contributed by atoms with Crippen molar-refractivity contribution in [3.05, 3.63) is 120 Å². The number of carbonyl (C=O) groups excluding carboxylic acids is 1. The molecule has 0 unspecified atom stereocenters. The number of allylic oxidation sites excluding steroid dienone is 1. The Hall–Kier alpha value is -3.13. The summed E-state index contributed by atoms with van der Waals surface area (Å²) < 4.78 is 0.